The highest BCUT2D eigenvalue weighted by Crippen LogP contribution is 2.18. The maximum absolute atomic E-state index is 12.4. The summed E-state index contributed by atoms with van der Waals surface area (Å²) < 4.78 is 7.56. The first-order chi connectivity index (χ1) is 12.5. The summed E-state index contributed by atoms with van der Waals surface area (Å²) in [5.41, 5.74) is 2.15. The molecule has 1 amide bonds. The van der Waals surface area contributed by atoms with E-state index >= 15 is 0 Å². The maximum atomic E-state index is 12.4. The van der Waals surface area contributed by atoms with Gasteiger partial charge in [-0.3, -0.25) is 9.48 Å². The summed E-state index contributed by atoms with van der Waals surface area (Å²) in [6, 6.07) is 14.8. The first kappa shape index (κ1) is 18.0. The summed E-state index contributed by atoms with van der Waals surface area (Å²) in [6.45, 7) is 4.44. The standard InChI is InChI=1S/C20H20ClN3O2/c1-14(2)24-12-18(11-22-24)23-20(25)16-6-4-8-19(10-16)26-13-15-5-3-7-17(21)9-15/h3-12,14H,13H2,1-2H3,(H,23,25). The minimum absolute atomic E-state index is 0.207. The molecule has 0 radical (unpaired) electrons. The van der Waals surface area contributed by atoms with Crippen LogP contribution in [-0.2, 0) is 6.61 Å². The average Bonchev–Trinajstić information content (AvgIpc) is 3.09. The number of carbonyl (C=O) groups is 1. The molecule has 0 saturated carbocycles. The van der Waals surface area contributed by atoms with Gasteiger partial charge in [-0.1, -0.05) is 29.8 Å². The molecule has 6 heteroatoms. The van der Waals surface area contributed by atoms with E-state index in [2.05, 4.69) is 10.4 Å². The molecule has 1 N–H and O–H groups in total. The van der Waals surface area contributed by atoms with Gasteiger partial charge in [0, 0.05) is 22.8 Å². The van der Waals surface area contributed by atoms with E-state index in [4.69, 9.17) is 16.3 Å². The van der Waals surface area contributed by atoms with E-state index in [1.54, 1.807) is 29.1 Å². The fourth-order valence-electron chi connectivity index (χ4n) is 2.41. The Morgan fingerprint density at radius 1 is 1.23 bits per heavy atom. The Morgan fingerprint density at radius 2 is 2.04 bits per heavy atom. The third-order valence-electron chi connectivity index (χ3n) is 3.78. The van der Waals surface area contributed by atoms with Gasteiger partial charge in [0.2, 0.25) is 0 Å². The van der Waals surface area contributed by atoms with Gasteiger partial charge in [0.15, 0.2) is 0 Å². The smallest absolute Gasteiger partial charge is 0.255 e. The molecule has 0 bridgehead atoms. The van der Waals surface area contributed by atoms with Crippen molar-refractivity contribution in [2.75, 3.05) is 5.32 Å². The molecular weight excluding hydrogens is 350 g/mol. The Kier molecular flexibility index (Phi) is 5.58. The molecule has 0 unspecified atom stereocenters. The second kappa shape index (κ2) is 8.06. The highest BCUT2D eigenvalue weighted by molar-refractivity contribution is 6.30. The Bertz CT molecular complexity index is 905. The number of aromatic nitrogens is 2. The predicted molar refractivity (Wildman–Crippen MR) is 103 cm³/mol. The molecule has 0 aliphatic carbocycles. The Hall–Kier alpha value is -2.79. The molecule has 0 aliphatic rings. The number of ether oxygens (including phenoxy) is 1. The van der Waals surface area contributed by atoms with Crippen molar-refractivity contribution in [3.8, 4) is 5.75 Å². The van der Waals surface area contributed by atoms with Crippen molar-refractivity contribution in [2.24, 2.45) is 0 Å². The van der Waals surface area contributed by atoms with E-state index in [1.807, 2.05) is 50.4 Å². The summed E-state index contributed by atoms with van der Waals surface area (Å²) >= 11 is 5.98. The molecule has 1 aromatic heterocycles. The quantitative estimate of drug-likeness (QED) is 0.668. The monoisotopic (exact) mass is 369 g/mol. The Balaban J connectivity index is 1.65. The number of rotatable bonds is 6. The SMILES string of the molecule is CC(C)n1cc(NC(=O)c2cccc(OCc3cccc(Cl)c3)c2)cn1. The number of nitrogens with one attached hydrogen (secondary N) is 1. The summed E-state index contributed by atoms with van der Waals surface area (Å²) in [5, 5.41) is 7.73. The summed E-state index contributed by atoms with van der Waals surface area (Å²) in [7, 11) is 0. The second-order valence-corrected chi connectivity index (χ2v) is 6.64. The van der Waals surface area contributed by atoms with E-state index in [9.17, 15) is 4.79 Å². The molecule has 0 spiro atoms. The average molecular weight is 370 g/mol. The van der Waals surface area contributed by atoms with Crippen LogP contribution in [0.3, 0.4) is 0 Å². The Morgan fingerprint density at radius 3 is 2.77 bits per heavy atom. The van der Waals surface area contributed by atoms with Crippen LogP contribution in [0.5, 0.6) is 5.75 Å². The zero-order valence-corrected chi connectivity index (χ0v) is 15.4. The molecule has 3 rings (SSSR count). The van der Waals surface area contributed by atoms with Crippen LogP contribution in [0, 0.1) is 0 Å². The molecule has 0 saturated heterocycles. The normalized spacial score (nSPS) is 10.8. The number of nitrogens with zero attached hydrogens (tertiary/aromatic N) is 2. The van der Waals surface area contributed by atoms with Gasteiger partial charge in [-0.25, -0.2) is 0 Å². The first-order valence-corrected chi connectivity index (χ1v) is 8.72. The lowest BCUT2D eigenvalue weighted by Gasteiger charge is -2.09. The third kappa shape index (κ3) is 4.64. The number of carbonyl (C=O) groups excluding carboxylic acids is 1. The van der Waals surface area contributed by atoms with Gasteiger partial charge < -0.3 is 10.1 Å². The van der Waals surface area contributed by atoms with Crippen molar-refractivity contribution in [1.29, 1.82) is 0 Å². The molecule has 5 nitrogen and oxygen atoms in total. The van der Waals surface area contributed by atoms with Crippen LogP contribution in [-0.4, -0.2) is 15.7 Å². The van der Waals surface area contributed by atoms with Gasteiger partial charge >= 0.3 is 0 Å². The molecule has 26 heavy (non-hydrogen) atoms. The van der Waals surface area contributed by atoms with Crippen molar-refractivity contribution < 1.29 is 9.53 Å². The predicted octanol–water partition coefficient (Wildman–Crippen LogP) is 4.95. The Labute approximate surface area is 157 Å². The maximum Gasteiger partial charge on any atom is 0.255 e. The van der Waals surface area contributed by atoms with E-state index < -0.39 is 0 Å². The minimum Gasteiger partial charge on any atom is -0.489 e. The summed E-state index contributed by atoms with van der Waals surface area (Å²) in [6.07, 6.45) is 3.44. The highest BCUT2D eigenvalue weighted by Gasteiger charge is 2.10. The molecule has 0 atom stereocenters. The topological polar surface area (TPSA) is 56.2 Å². The van der Waals surface area contributed by atoms with Gasteiger partial charge in [0.1, 0.15) is 12.4 Å². The largest absolute Gasteiger partial charge is 0.489 e. The molecule has 0 fully saturated rings. The summed E-state index contributed by atoms with van der Waals surface area (Å²) in [4.78, 5) is 12.4. The molecule has 134 valence electrons. The van der Waals surface area contributed by atoms with Gasteiger partial charge in [0.05, 0.1) is 11.9 Å². The lowest BCUT2D eigenvalue weighted by Crippen LogP contribution is -2.11. The molecule has 3 aromatic rings. The highest BCUT2D eigenvalue weighted by atomic mass is 35.5. The summed E-state index contributed by atoms with van der Waals surface area (Å²) in [5.74, 6) is 0.414. The lowest BCUT2D eigenvalue weighted by atomic mass is 10.2. The van der Waals surface area contributed by atoms with Gasteiger partial charge in [-0.2, -0.15) is 5.10 Å². The number of halogens is 1. The lowest BCUT2D eigenvalue weighted by molar-refractivity contribution is 0.102. The zero-order chi connectivity index (χ0) is 18.5. The number of anilines is 1. The van der Waals surface area contributed by atoms with E-state index in [1.165, 1.54) is 0 Å². The van der Waals surface area contributed by atoms with Crippen LogP contribution in [0.2, 0.25) is 5.02 Å². The van der Waals surface area contributed by atoms with E-state index in [0.29, 0.717) is 28.6 Å². The van der Waals surface area contributed by atoms with Crippen molar-refractivity contribution in [2.45, 2.75) is 26.5 Å². The van der Waals surface area contributed by atoms with E-state index in [0.717, 1.165) is 5.56 Å². The number of amides is 1. The van der Waals surface area contributed by atoms with Crippen LogP contribution >= 0.6 is 11.6 Å². The third-order valence-corrected chi connectivity index (χ3v) is 4.01. The molecule has 2 aromatic carbocycles. The minimum atomic E-state index is -0.207. The van der Waals surface area contributed by atoms with Crippen molar-refractivity contribution in [1.82, 2.24) is 9.78 Å². The number of hydrogen-bond acceptors (Lipinski definition) is 3. The van der Waals surface area contributed by atoms with E-state index in [-0.39, 0.29) is 11.9 Å². The first-order valence-electron chi connectivity index (χ1n) is 8.34. The van der Waals surface area contributed by atoms with Gasteiger partial charge in [-0.05, 0) is 49.7 Å². The molecule has 0 aliphatic heterocycles. The van der Waals surface area contributed by atoms with Crippen LogP contribution in [0.25, 0.3) is 0 Å². The number of benzene rings is 2. The van der Waals surface area contributed by atoms with Gasteiger partial charge in [-0.15, -0.1) is 0 Å². The van der Waals surface area contributed by atoms with Crippen LogP contribution in [0.4, 0.5) is 5.69 Å². The van der Waals surface area contributed by atoms with Crippen LogP contribution < -0.4 is 10.1 Å². The van der Waals surface area contributed by atoms with Crippen molar-refractivity contribution in [3.63, 3.8) is 0 Å². The molecule has 1 heterocycles. The zero-order valence-electron chi connectivity index (χ0n) is 14.6. The van der Waals surface area contributed by atoms with Crippen molar-refractivity contribution >= 4 is 23.2 Å². The van der Waals surface area contributed by atoms with Gasteiger partial charge in [0.25, 0.3) is 5.91 Å². The fraction of sp³-hybridized carbons (Fsp3) is 0.200. The number of hydrogen-bond donors (Lipinski definition) is 1. The van der Waals surface area contributed by atoms with Crippen LogP contribution in [0.15, 0.2) is 60.9 Å². The van der Waals surface area contributed by atoms with Crippen molar-refractivity contribution in [3.05, 3.63) is 77.1 Å². The second-order valence-electron chi connectivity index (χ2n) is 6.20. The fourth-order valence-corrected chi connectivity index (χ4v) is 2.62. The van der Waals surface area contributed by atoms with Crippen LogP contribution in [0.1, 0.15) is 35.8 Å². The molecular formula is C20H20ClN3O2.